The summed E-state index contributed by atoms with van der Waals surface area (Å²) >= 11 is 0. The lowest BCUT2D eigenvalue weighted by Crippen LogP contribution is -2.42. The molecule has 0 bridgehead atoms. The highest BCUT2D eigenvalue weighted by atomic mass is 15.2. The van der Waals surface area contributed by atoms with Crippen LogP contribution in [0.25, 0.3) is 0 Å². The molecule has 2 nitrogen and oxygen atoms in total. The molecule has 1 heterocycles. The molecule has 0 spiro atoms. The summed E-state index contributed by atoms with van der Waals surface area (Å²) in [7, 11) is 0. The van der Waals surface area contributed by atoms with Gasteiger partial charge in [-0.05, 0) is 57.8 Å². The van der Waals surface area contributed by atoms with Gasteiger partial charge in [-0.2, -0.15) is 0 Å². The lowest BCUT2D eigenvalue weighted by molar-refractivity contribution is 0.146. The summed E-state index contributed by atoms with van der Waals surface area (Å²) in [4.78, 5) is 2.58. The number of hydrogen-bond acceptors (Lipinski definition) is 2. The minimum absolute atomic E-state index is 0.185. The normalized spacial score (nSPS) is 20.7. The average Bonchev–Trinajstić information content (AvgIpc) is 2.33. The van der Waals surface area contributed by atoms with Crippen molar-refractivity contribution in [3.05, 3.63) is 34.9 Å². The SMILES string of the molecule is Cc1ccc(C(C(C)N)N2CCCCC2)c(C)c1. The van der Waals surface area contributed by atoms with Gasteiger partial charge in [0.25, 0.3) is 0 Å². The Bertz CT molecular complexity index is 392. The summed E-state index contributed by atoms with van der Waals surface area (Å²) in [5.74, 6) is 0. The summed E-state index contributed by atoms with van der Waals surface area (Å²) in [6.07, 6.45) is 4.00. The number of hydrogen-bond donors (Lipinski definition) is 1. The van der Waals surface area contributed by atoms with E-state index in [1.807, 2.05) is 0 Å². The largest absolute Gasteiger partial charge is 0.326 e. The molecule has 1 aliphatic rings. The van der Waals surface area contributed by atoms with E-state index in [0.717, 1.165) is 0 Å². The molecule has 0 aromatic heterocycles. The second-order valence-electron chi connectivity index (χ2n) is 5.76. The Morgan fingerprint density at radius 1 is 1.11 bits per heavy atom. The van der Waals surface area contributed by atoms with Crippen LogP contribution in [0.3, 0.4) is 0 Å². The maximum absolute atomic E-state index is 6.26. The maximum Gasteiger partial charge on any atom is 0.0499 e. The van der Waals surface area contributed by atoms with Gasteiger partial charge in [-0.1, -0.05) is 30.2 Å². The first-order valence-electron chi connectivity index (χ1n) is 7.16. The lowest BCUT2D eigenvalue weighted by atomic mass is 9.92. The zero-order valence-electron chi connectivity index (χ0n) is 11.9. The highest BCUT2D eigenvalue weighted by Crippen LogP contribution is 2.29. The van der Waals surface area contributed by atoms with E-state index in [9.17, 15) is 0 Å². The van der Waals surface area contributed by atoms with Gasteiger partial charge < -0.3 is 5.73 Å². The average molecular weight is 246 g/mol. The molecule has 2 atom stereocenters. The van der Waals surface area contributed by atoms with Crippen LogP contribution in [0.1, 0.15) is 48.9 Å². The van der Waals surface area contributed by atoms with Crippen molar-refractivity contribution in [1.82, 2.24) is 4.90 Å². The molecule has 100 valence electrons. The van der Waals surface area contributed by atoms with Gasteiger partial charge in [-0.3, -0.25) is 4.90 Å². The number of rotatable bonds is 3. The van der Waals surface area contributed by atoms with Gasteiger partial charge in [0.2, 0.25) is 0 Å². The van der Waals surface area contributed by atoms with Crippen LogP contribution in [-0.2, 0) is 0 Å². The van der Waals surface area contributed by atoms with Gasteiger partial charge in [-0.15, -0.1) is 0 Å². The summed E-state index contributed by atoms with van der Waals surface area (Å²) < 4.78 is 0. The van der Waals surface area contributed by atoms with Crippen LogP contribution < -0.4 is 5.73 Å². The predicted octanol–water partition coefficient (Wildman–Crippen LogP) is 3.18. The van der Waals surface area contributed by atoms with Gasteiger partial charge in [0.05, 0.1) is 0 Å². The molecular weight excluding hydrogens is 220 g/mol. The second-order valence-corrected chi connectivity index (χ2v) is 5.76. The second kappa shape index (κ2) is 5.85. The Balaban J connectivity index is 2.28. The van der Waals surface area contributed by atoms with Crippen LogP contribution in [0.4, 0.5) is 0 Å². The van der Waals surface area contributed by atoms with Crippen LogP contribution in [0.15, 0.2) is 18.2 Å². The third-order valence-electron chi connectivity index (χ3n) is 4.03. The number of likely N-dealkylation sites (tertiary alicyclic amines) is 1. The minimum atomic E-state index is 0.185. The first-order chi connectivity index (χ1) is 8.59. The quantitative estimate of drug-likeness (QED) is 0.887. The van der Waals surface area contributed by atoms with Crippen LogP contribution in [0, 0.1) is 13.8 Å². The molecule has 0 amide bonds. The van der Waals surface area contributed by atoms with Crippen LogP contribution in [0.5, 0.6) is 0 Å². The predicted molar refractivity (Wildman–Crippen MR) is 77.7 cm³/mol. The topological polar surface area (TPSA) is 29.3 Å². The molecule has 2 unspecified atom stereocenters. The molecule has 0 aliphatic carbocycles. The van der Waals surface area contributed by atoms with Crippen molar-refractivity contribution in [2.75, 3.05) is 13.1 Å². The maximum atomic E-state index is 6.26. The highest BCUT2D eigenvalue weighted by molar-refractivity contribution is 5.33. The Kier molecular flexibility index (Phi) is 4.41. The zero-order valence-corrected chi connectivity index (χ0v) is 11.9. The van der Waals surface area contributed by atoms with Crippen molar-refractivity contribution in [3.63, 3.8) is 0 Å². The van der Waals surface area contributed by atoms with Gasteiger partial charge in [-0.25, -0.2) is 0 Å². The van der Waals surface area contributed by atoms with Crippen molar-refractivity contribution in [1.29, 1.82) is 0 Å². The number of benzene rings is 1. The van der Waals surface area contributed by atoms with Gasteiger partial charge >= 0.3 is 0 Å². The van der Waals surface area contributed by atoms with E-state index in [1.54, 1.807) is 0 Å². The molecule has 1 aromatic rings. The number of nitrogens with zero attached hydrogens (tertiary/aromatic N) is 1. The van der Waals surface area contributed by atoms with E-state index >= 15 is 0 Å². The number of aryl methyl sites for hydroxylation is 2. The molecule has 0 saturated carbocycles. The van der Waals surface area contributed by atoms with E-state index in [2.05, 4.69) is 43.9 Å². The molecule has 1 fully saturated rings. The molecular formula is C16H26N2. The molecule has 0 radical (unpaired) electrons. The fourth-order valence-corrected chi connectivity index (χ4v) is 3.17. The molecule has 18 heavy (non-hydrogen) atoms. The van der Waals surface area contributed by atoms with Crippen LogP contribution in [0.2, 0.25) is 0 Å². The molecule has 1 saturated heterocycles. The first-order valence-corrected chi connectivity index (χ1v) is 7.16. The lowest BCUT2D eigenvalue weighted by Gasteiger charge is -2.37. The highest BCUT2D eigenvalue weighted by Gasteiger charge is 2.26. The molecule has 2 N–H and O–H groups in total. The third-order valence-corrected chi connectivity index (χ3v) is 4.03. The monoisotopic (exact) mass is 246 g/mol. The molecule has 2 rings (SSSR count). The summed E-state index contributed by atoms with van der Waals surface area (Å²) in [6.45, 7) is 8.89. The fraction of sp³-hybridized carbons (Fsp3) is 0.625. The molecule has 1 aliphatic heterocycles. The van der Waals surface area contributed by atoms with Crippen molar-refractivity contribution >= 4 is 0 Å². The van der Waals surface area contributed by atoms with Crippen molar-refractivity contribution in [2.24, 2.45) is 5.73 Å². The van der Waals surface area contributed by atoms with Crippen LogP contribution >= 0.6 is 0 Å². The molecule has 1 aromatic carbocycles. The number of nitrogens with two attached hydrogens (primary N) is 1. The summed E-state index contributed by atoms with van der Waals surface area (Å²) in [6, 6.07) is 7.32. The summed E-state index contributed by atoms with van der Waals surface area (Å²) in [5.41, 5.74) is 10.4. The Morgan fingerprint density at radius 2 is 1.78 bits per heavy atom. The van der Waals surface area contributed by atoms with Crippen molar-refractivity contribution in [2.45, 2.75) is 52.1 Å². The third kappa shape index (κ3) is 2.93. The smallest absolute Gasteiger partial charge is 0.0499 e. The van der Waals surface area contributed by atoms with E-state index in [4.69, 9.17) is 5.73 Å². The zero-order chi connectivity index (χ0) is 13.1. The summed E-state index contributed by atoms with van der Waals surface area (Å²) in [5, 5.41) is 0. The first kappa shape index (κ1) is 13.6. The van der Waals surface area contributed by atoms with E-state index in [0.29, 0.717) is 6.04 Å². The van der Waals surface area contributed by atoms with Gasteiger partial charge in [0.1, 0.15) is 0 Å². The van der Waals surface area contributed by atoms with Crippen LogP contribution in [-0.4, -0.2) is 24.0 Å². The Labute approximate surface area is 111 Å². The van der Waals surface area contributed by atoms with Crippen molar-refractivity contribution < 1.29 is 0 Å². The minimum Gasteiger partial charge on any atom is -0.326 e. The van der Waals surface area contributed by atoms with Crippen molar-refractivity contribution in [3.8, 4) is 0 Å². The van der Waals surface area contributed by atoms with E-state index in [1.165, 1.54) is 49.0 Å². The number of piperidine rings is 1. The van der Waals surface area contributed by atoms with Gasteiger partial charge in [0, 0.05) is 12.1 Å². The van der Waals surface area contributed by atoms with Gasteiger partial charge in [0.15, 0.2) is 0 Å². The molecule has 2 heteroatoms. The van der Waals surface area contributed by atoms with E-state index in [-0.39, 0.29) is 6.04 Å². The standard InChI is InChI=1S/C16H26N2/c1-12-7-8-15(13(2)11-12)16(14(3)17)18-9-5-4-6-10-18/h7-8,11,14,16H,4-6,9-10,17H2,1-3H3. The fourth-order valence-electron chi connectivity index (χ4n) is 3.17. The van der Waals surface area contributed by atoms with E-state index < -0.39 is 0 Å². The Hall–Kier alpha value is -0.860. The Morgan fingerprint density at radius 3 is 2.33 bits per heavy atom.